The molecule has 0 N–H and O–H groups in total. The molecule has 1 rings (SSSR count). The molecule has 1 aliphatic heterocycles. The number of ketones is 1. The summed E-state index contributed by atoms with van der Waals surface area (Å²) >= 11 is 0. The van der Waals surface area contributed by atoms with Crippen molar-refractivity contribution in [1.82, 2.24) is 9.96 Å². The van der Waals surface area contributed by atoms with Crippen LogP contribution in [0.3, 0.4) is 0 Å². The van der Waals surface area contributed by atoms with Crippen LogP contribution in [0.4, 0.5) is 0 Å². The van der Waals surface area contributed by atoms with Gasteiger partial charge in [-0.25, -0.2) is 4.79 Å². The Kier molecular flexibility index (Phi) is 3.93. The summed E-state index contributed by atoms with van der Waals surface area (Å²) in [6.07, 6.45) is 1.76. The van der Waals surface area contributed by atoms with Gasteiger partial charge in [-0.2, -0.15) is 0 Å². The lowest BCUT2D eigenvalue weighted by atomic mass is 9.98. The third kappa shape index (κ3) is 3.85. The summed E-state index contributed by atoms with van der Waals surface area (Å²) in [4.78, 5) is 30.3. The van der Waals surface area contributed by atoms with Crippen molar-refractivity contribution in [2.75, 3.05) is 27.2 Å². The molecule has 1 heterocycles. The first-order valence-corrected chi connectivity index (χ1v) is 5.58. The molecule has 0 aromatic heterocycles. The Balaban J connectivity index is 2.62. The highest BCUT2D eigenvalue weighted by atomic mass is 16.7. The summed E-state index contributed by atoms with van der Waals surface area (Å²) < 4.78 is 0. The lowest BCUT2D eigenvalue weighted by Crippen LogP contribution is -2.32. The van der Waals surface area contributed by atoms with E-state index < -0.39 is 5.41 Å². The highest BCUT2D eigenvalue weighted by Crippen LogP contribution is 2.19. The predicted molar refractivity (Wildman–Crippen MR) is 63.9 cm³/mol. The number of carbonyl (C=O) groups excluding carboxylic acids is 2. The van der Waals surface area contributed by atoms with E-state index in [1.807, 2.05) is 19.0 Å². The van der Waals surface area contributed by atoms with Crippen molar-refractivity contribution in [2.45, 2.75) is 20.8 Å². The molecular weight excluding hydrogens is 220 g/mol. The minimum atomic E-state index is -0.558. The SMILES string of the molecule is CN(C)/C=C1/CN(OC(=O)C(C)(C)C)CC1=O. The molecule has 1 fully saturated rings. The Bertz CT molecular complexity index is 353. The second kappa shape index (κ2) is 4.87. The first-order chi connectivity index (χ1) is 7.70. The normalized spacial score (nSPS) is 19.8. The lowest BCUT2D eigenvalue weighted by Gasteiger charge is -2.20. The van der Waals surface area contributed by atoms with Crippen molar-refractivity contribution in [2.24, 2.45) is 5.41 Å². The molecule has 0 atom stereocenters. The van der Waals surface area contributed by atoms with Gasteiger partial charge in [0.15, 0.2) is 5.78 Å². The van der Waals surface area contributed by atoms with Crippen molar-refractivity contribution < 1.29 is 14.4 Å². The van der Waals surface area contributed by atoms with Crippen LogP contribution < -0.4 is 0 Å². The number of Topliss-reactive ketones (excluding diaryl/α,β-unsaturated/α-hetero) is 1. The van der Waals surface area contributed by atoms with Crippen LogP contribution in [-0.4, -0.2) is 48.9 Å². The maximum atomic E-state index is 11.7. The fourth-order valence-electron chi connectivity index (χ4n) is 1.34. The fraction of sp³-hybridized carbons (Fsp3) is 0.667. The third-order valence-corrected chi connectivity index (χ3v) is 2.26. The summed E-state index contributed by atoms with van der Waals surface area (Å²) in [7, 11) is 3.70. The zero-order valence-electron chi connectivity index (χ0n) is 11.1. The summed E-state index contributed by atoms with van der Waals surface area (Å²) in [5.41, 5.74) is 0.105. The highest BCUT2D eigenvalue weighted by molar-refractivity contribution is 5.99. The zero-order chi connectivity index (χ0) is 13.2. The maximum absolute atomic E-state index is 11.7. The van der Waals surface area contributed by atoms with Crippen molar-refractivity contribution >= 4 is 11.8 Å². The number of rotatable bonds is 2. The van der Waals surface area contributed by atoms with Gasteiger partial charge in [0, 0.05) is 25.9 Å². The van der Waals surface area contributed by atoms with E-state index in [9.17, 15) is 9.59 Å². The Morgan fingerprint density at radius 2 is 1.94 bits per heavy atom. The second-order valence-corrected chi connectivity index (χ2v) is 5.47. The molecule has 0 aromatic rings. The molecule has 5 heteroatoms. The minimum absolute atomic E-state index is 0.000379. The Morgan fingerprint density at radius 1 is 1.35 bits per heavy atom. The summed E-state index contributed by atoms with van der Waals surface area (Å²) in [5, 5.41) is 1.41. The molecule has 0 amide bonds. The maximum Gasteiger partial charge on any atom is 0.330 e. The van der Waals surface area contributed by atoms with E-state index in [4.69, 9.17) is 4.84 Å². The van der Waals surface area contributed by atoms with Gasteiger partial charge in [-0.3, -0.25) is 4.79 Å². The number of nitrogens with zero attached hydrogens (tertiary/aromatic N) is 2. The van der Waals surface area contributed by atoms with Crippen molar-refractivity contribution in [1.29, 1.82) is 0 Å². The van der Waals surface area contributed by atoms with Gasteiger partial charge in [-0.05, 0) is 20.8 Å². The molecule has 0 aliphatic carbocycles. The van der Waals surface area contributed by atoms with Gasteiger partial charge in [0.2, 0.25) is 0 Å². The van der Waals surface area contributed by atoms with E-state index in [2.05, 4.69) is 0 Å². The Morgan fingerprint density at radius 3 is 2.41 bits per heavy atom. The van der Waals surface area contributed by atoms with Crippen molar-refractivity contribution in [3.63, 3.8) is 0 Å². The largest absolute Gasteiger partial charge is 0.383 e. The molecule has 0 spiro atoms. The van der Waals surface area contributed by atoms with E-state index in [-0.39, 0.29) is 18.3 Å². The molecule has 0 bridgehead atoms. The monoisotopic (exact) mass is 240 g/mol. The molecule has 17 heavy (non-hydrogen) atoms. The third-order valence-electron chi connectivity index (χ3n) is 2.26. The van der Waals surface area contributed by atoms with Crippen LogP contribution in [0.2, 0.25) is 0 Å². The first kappa shape index (κ1) is 13.7. The lowest BCUT2D eigenvalue weighted by molar-refractivity contribution is -0.194. The van der Waals surface area contributed by atoms with E-state index in [0.29, 0.717) is 12.1 Å². The van der Waals surface area contributed by atoms with Crippen LogP contribution in [0.15, 0.2) is 11.8 Å². The molecule has 0 radical (unpaired) electrons. The van der Waals surface area contributed by atoms with E-state index in [1.54, 1.807) is 27.0 Å². The molecule has 5 nitrogen and oxygen atoms in total. The Labute approximate surface area is 102 Å². The first-order valence-electron chi connectivity index (χ1n) is 5.58. The van der Waals surface area contributed by atoms with Crippen LogP contribution >= 0.6 is 0 Å². The molecule has 96 valence electrons. The van der Waals surface area contributed by atoms with Gasteiger partial charge in [0.25, 0.3) is 0 Å². The molecular formula is C12H20N2O3. The molecule has 0 saturated carbocycles. The highest BCUT2D eigenvalue weighted by Gasteiger charge is 2.32. The van der Waals surface area contributed by atoms with Crippen LogP contribution in [0, 0.1) is 5.41 Å². The van der Waals surface area contributed by atoms with Crippen LogP contribution in [-0.2, 0) is 14.4 Å². The van der Waals surface area contributed by atoms with Gasteiger partial charge < -0.3 is 9.74 Å². The van der Waals surface area contributed by atoms with Gasteiger partial charge in [-0.1, -0.05) is 0 Å². The quantitative estimate of drug-likeness (QED) is 0.669. The Hall–Kier alpha value is -1.36. The smallest absolute Gasteiger partial charge is 0.330 e. The van der Waals surface area contributed by atoms with Crippen molar-refractivity contribution in [3.05, 3.63) is 11.8 Å². The topological polar surface area (TPSA) is 49.9 Å². The van der Waals surface area contributed by atoms with Crippen LogP contribution in [0.25, 0.3) is 0 Å². The van der Waals surface area contributed by atoms with E-state index in [1.165, 1.54) is 5.06 Å². The van der Waals surface area contributed by atoms with E-state index in [0.717, 1.165) is 0 Å². The summed E-state index contributed by atoms with van der Waals surface area (Å²) in [5.74, 6) is -0.322. The predicted octanol–water partition coefficient (Wildman–Crippen LogP) is 0.821. The van der Waals surface area contributed by atoms with Gasteiger partial charge in [0.05, 0.1) is 18.5 Å². The van der Waals surface area contributed by atoms with E-state index >= 15 is 0 Å². The average molecular weight is 240 g/mol. The fourth-order valence-corrected chi connectivity index (χ4v) is 1.34. The number of carbonyl (C=O) groups is 2. The summed E-state index contributed by atoms with van der Waals surface area (Å²) in [6, 6.07) is 0. The van der Waals surface area contributed by atoms with Crippen molar-refractivity contribution in [3.8, 4) is 0 Å². The molecule has 0 unspecified atom stereocenters. The second-order valence-electron chi connectivity index (χ2n) is 5.47. The molecule has 1 saturated heterocycles. The minimum Gasteiger partial charge on any atom is -0.383 e. The molecule has 0 aromatic carbocycles. The molecule has 1 aliphatic rings. The zero-order valence-corrected chi connectivity index (χ0v) is 11.1. The van der Waals surface area contributed by atoms with Gasteiger partial charge in [-0.15, -0.1) is 5.06 Å². The summed E-state index contributed by atoms with van der Waals surface area (Å²) in [6.45, 7) is 5.84. The number of hydroxylamine groups is 2. The van der Waals surface area contributed by atoms with Crippen LogP contribution in [0.1, 0.15) is 20.8 Å². The standard InChI is InChI=1S/C12H20N2O3/c1-12(2,3)11(16)17-14-7-9(6-13(4)5)10(15)8-14/h6H,7-8H2,1-5H3/b9-6-. The number of hydrogen-bond acceptors (Lipinski definition) is 5. The number of hydrogen-bond donors (Lipinski definition) is 0. The average Bonchev–Trinajstić information content (AvgIpc) is 2.44. The van der Waals surface area contributed by atoms with Gasteiger partial charge >= 0.3 is 5.97 Å². The van der Waals surface area contributed by atoms with Gasteiger partial charge in [0.1, 0.15) is 0 Å². The van der Waals surface area contributed by atoms with Crippen LogP contribution in [0.5, 0.6) is 0 Å².